The third kappa shape index (κ3) is 3.92. The molecule has 0 radical (unpaired) electrons. The molecule has 0 aliphatic carbocycles. The molecule has 3 heteroatoms. The number of Topliss-reactive ketones (excluding diaryl/α,β-unsaturated/α-hetero) is 1. The predicted octanol–water partition coefficient (Wildman–Crippen LogP) is 3.89. The van der Waals surface area contributed by atoms with Gasteiger partial charge in [-0.3, -0.25) is 4.79 Å². The van der Waals surface area contributed by atoms with E-state index in [0.717, 1.165) is 16.7 Å². The molecule has 22 heavy (non-hydrogen) atoms. The Kier molecular flexibility index (Phi) is 5.26. The number of ketones is 1. The monoisotopic (exact) mass is 294 g/mol. The fourth-order valence-corrected chi connectivity index (χ4v) is 2.08. The molecule has 0 amide bonds. The molecular weight excluding hydrogens is 276 g/mol. The van der Waals surface area contributed by atoms with Gasteiger partial charge in [-0.1, -0.05) is 54.6 Å². The van der Waals surface area contributed by atoms with Gasteiger partial charge in [0, 0.05) is 0 Å². The highest BCUT2D eigenvalue weighted by molar-refractivity contribution is 6.19. The predicted molar refractivity (Wildman–Crippen MR) is 87.2 cm³/mol. The second-order valence-corrected chi connectivity index (χ2v) is 4.82. The molecule has 0 atom stereocenters. The van der Waals surface area contributed by atoms with Gasteiger partial charge in [-0.05, 0) is 36.6 Å². The molecule has 2 aromatic rings. The average molecular weight is 294 g/mol. The van der Waals surface area contributed by atoms with Crippen molar-refractivity contribution in [2.45, 2.75) is 13.8 Å². The van der Waals surface area contributed by atoms with Crippen molar-refractivity contribution in [2.24, 2.45) is 0 Å². The minimum absolute atomic E-state index is 0.0642. The van der Waals surface area contributed by atoms with Crippen molar-refractivity contribution in [3.8, 4) is 11.1 Å². The molecule has 0 aromatic heterocycles. The first-order chi connectivity index (χ1) is 10.6. The van der Waals surface area contributed by atoms with Crippen LogP contribution in [0.4, 0.5) is 0 Å². The number of ether oxygens (including phenoxy) is 1. The minimum Gasteiger partial charge on any atom is -0.462 e. The summed E-state index contributed by atoms with van der Waals surface area (Å²) in [6.45, 7) is 3.32. The Morgan fingerprint density at radius 2 is 1.55 bits per heavy atom. The summed E-state index contributed by atoms with van der Waals surface area (Å²) in [4.78, 5) is 23.4. The largest absolute Gasteiger partial charge is 0.462 e. The van der Waals surface area contributed by atoms with Gasteiger partial charge < -0.3 is 4.74 Å². The van der Waals surface area contributed by atoms with Gasteiger partial charge in [0.2, 0.25) is 0 Å². The zero-order valence-electron chi connectivity index (χ0n) is 12.7. The quantitative estimate of drug-likeness (QED) is 0.364. The van der Waals surface area contributed by atoms with Gasteiger partial charge in [-0.25, -0.2) is 4.79 Å². The molecule has 0 N–H and O–H groups in total. The molecule has 2 rings (SSSR count). The van der Waals surface area contributed by atoms with Crippen LogP contribution in [0.3, 0.4) is 0 Å². The standard InChI is InChI=1S/C19H18O3/c1-3-22-19(21)18(14(2)20)13-15-9-11-17(12-10-15)16-7-5-4-6-8-16/h4-13H,3H2,1-2H3. The first kappa shape index (κ1) is 15.7. The fraction of sp³-hybridized carbons (Fsp3) is 0.158. The second-order valence-electron chi connectivity index (χ2n) is 4.82. The summed E-state index contributed by atoms with van der Waals surface area (Å²) < 4.78 is 4.90. The Morgan fingerprint density at radius 3 is 2.09 bits per heavy atom. The van der Waals surface area contributed by atoms with E-state index in [9.17, 15) is 9.59 Å². The molecule has 0 heterocycles. The van der Waals surface area contributed by atoms with Crippen LogP contribution in [0, 0.1) is 0 Å². The Morgan fingerprint density at radius 1 is 0.955 bits per heavy atom. The Labute approximate surface area is 130 Å². The summed E-state index contributed by atoms with van der Waals surface area (Å²) in [5, 5.41) is 0. The summed E-state index contributed by atoms with van der Waals surface area (Å²) in [6.07, 6.45) is 1.56. The molecule has 0 bridgehead atoms. The van der Waals surface area contributed by atoms with Crippen molar-refractivity contribution in [1.29, 1.82) is 0 Å². The van der Waals surface area contributed by atoms with Crippen LogP contribution in [0.2, 0.25) is 0 Å². The normalized spacial score (nSPS) is 11.1. The summed E-state index contributed by atoms with van der Waals surface area (Å²) in [5.41, 5.74) is 3.06. The third-order valence-electron chi connectivity index (χ3n) is 3.20. The highest BCUT2D eigenvalue weighted by Crippen LogP contribution is 2.20. The molecule has 0 aliphatic rings. The number of hydrogen-bond donors (Lipinski definition) is 0. The van der Waals surface area contributed by atoms with Crippen molar-refractivity contribution in [1.82, 2.24) is 0 Å². The number of hydrogen-bond acceptors (Lipinski definition) is 3. The molecule has 0 saturated heterocycles. The third-order valence-corrected chi connectivity index (χ3v) is 3.20. The maximum absolute atomic E-state index is 11.8. The van der Waals surface area contributed by atoms with Crippen LogP contribution in [0.5, 0.6) is 0 Å². The Balaban J connectivity index is 2.27. The summed E-state index contributed by atoms with van der Waals surface area (Å²) in [6, 6.07) is 17.7. The van der Waals surface area contributed by atoms with E-state index in [-0.39, 0.29) is 18.0 Å². The number of esters is 1. The lowest BCUT2D eigenvalue weighted by Crippen LogP contribution is -2.13. The zero-order valence-corrected chi connectivity index (χ0v) is 12.7. The molecule has 0 spiro atoms. The molecule has 112 valence electrons. The molecule has 2 aromatic carbocycles. The van der Waals surface area contributed by atoms with Gasteiger partial charge in [0.05, 0.1) is 6.61 Å². The first-order valence-electron chi connectivity index (χ1n) is 7.17. The minimum atomic E-state index is -0.581. The van der Waals surface area contributed by atoms with E-state index in [1.165, 1.54) is 6.92 Å². The highest BCUT2D eigenvalue weighted by Gasteiger charge is 2.15. The van der Waals surface area contributed by atoms with Crippen LogP contribution in [0.1, 0.15) is 19.4 Å². The lowest BCUT2D eigenvalue weighted by atomic mass is 10.0. The smallest absolute Gasteiger partial charge is 0.341 e. The van der Waals surface area contributed by atoms with Crippen LogP contribution in [0.15, 0.2) is 60.2 Å². The molecule has 3 nitrogen and oxygen atoms in total. The molecular formula is C19H18O3. The summed E-state index contributed by atoms with van der Waals surface area (Å²) in [7, 11) is 0. The maximum atomic E-state index is 11.8. The topological polar surface area (TPSA) is 43.4 Å². The maximum Gasteiger partial charge on any atom is 0.341 e. The number of rotatable bonds is 5. The SMILES string of the molecule is CCOC(=O)C(=Cc1ccc(-c2ccccc2)cc1)C(C)=O. The van der Waals surface area contributed by atoms with Gasteiger partial charge in [0.25, 0.3) is 0 Å². The van der Waals surface area contributed by atoms with Gasteiger partial charge in [-0.15, -0.1) is 0 Å². The highest BCUT2D eigenvalue weighted by atomic mass is 16.5. The number of carbonyl (C=O) groups is 2. The van der Waals surface area contributed by atoms with E-state index >= 15 is 0 Å². The van der Waals surface area contributed by atoms with E-state index in [1.807, 2.05) is 54.6 Å². The van der Waals surface area contributed by atoms with Crippen molar-refractivity contribution in [2.75, 3.05) is 6.61 Å². The van der Waals surface area contributed by atoms with Crippen molar-refractivity contribution < 1.29 is 14.3 Å². The van der Waals surface area contributed by atoms with Crippen LogP contribution in [0.25, 0.3) is 17.2 Å². The van der Waals surface area contributed by atoms with E-state index in [4.69, 9.17) is 4.74 Å². The average Bonchev–Trinajstić information content (AvgIpc) is 2.54. The van der Waals surface area contributed by atoms with Gasteiger partial charge in [0.15, 0.2) is 5.78 Å². The molecule has 0 unspecified atom stereocenters. The van der Waals surface area contributed by atoms with Crippen LogP contribution in [-0.4, -0.2) is 18.4 Å². The van der Waals surface area contributed by atoms with Crippen molar-refractivity contribution in [3.05, 3.63) is 65.7 Å². The van der Waals surface area contributed by atoms with Gasteiger partial charge in [-0.2, -0.15) is 0 Å². The van der Waals surface area contributed by atoms with Gasteiger partial charge in [0.1, 0.15) is 5.57 Å². The van der Waals surface area contributed by atoms with Gasteiger partial charge >= 0.3 is 5.97 Å². The van der Waals surface area contributed by atoms with E-state index in [0.29, 0.717) is 0 Å². The Bertz CT molecular complexity index is 682. The lowest BCUT2D eigenvalue weighted by molar-refractivity contribution is -0.139. The van der Waals surface area contributed by atoms with Crippen molar-refractivity contribution in [3.63, 3.8) is 0 Å². The number of carbonyl (C=O) groups excluding carboxylic acids is 2. The van der Waals surface area contributed by atoms with E-state index in [2.05, 4.69) is 0 Å². The fourth-order valence-electron chi connectivity index (χ4n) is 2.08. The van der Waals surface area contributed by atoms with Crippen LogP contribution < -0.4 is 0 Å². The first-order valence-corrected chi connectivity index (χ1v) is 7.17. The van der Waals surface area contributed by atoms with Crippen LogP contribution in [-0.2, 0) is 14.3 Å². The summed E-state index contributed by atoms with van der Waals surface area (Å²) in [5.74, 6) is -0.882. The van der Waals surface area contributed by atoms with Crippen molar-refractivity contribution >= 4 is 17.8 Å². The summed E-state index contributed by atoms with van der Waals surface area (Å²) >= 11 is 0. The second kappa shape index (κ2) is 7.36. The Hall–Kier alpha value is -2.68. The van der Waals surface area contributed by atoms with E-state index < -0.39 is 5.97 Å². The molecule has 0 saturated carbocycles. The zero-order chi connectivity index (χ0) is 15.9. The number of benzene rings is 2. The van der Waals surface area contributed by atoms with Crippen LogP contribution >= 0.6 is 0 Å². The molecule has 0 aliphatic heterocycles. The lowest BCUT2D eigenvalue weighted by Gasteiger charge is -2.05. The molecule has 0 fully saturated rings. The van der Waals surface area contributed by atoms with E-state index in [1.54, 1.807) is 13.0 Å².